The zero-order valence-electron chi connectivity index (χ0n) is 10.6. The second kappa shape index (κ2) is 5.95. The average molecular weight is 314 g/mol. The number of carbonyl (C=O) groups excluding carboxylic acids is 1. The van der Waals surface area contributed by atoms with E-state index in [0.717, 1.165) is 16.6 Å². The number of halogens is 2. The molecule has 0 aliphatic heterocycles. The van der Waals surface area contributed by atoms with Crippen molar-refractivity contribution in [3.8, 4) is 0 Å². The van der Waals surface area contributed by atoms with Crippen molar-refractivity contribution >= 4 is 46.0 Å². The summed E-state index contributed by atoms with van der Waals surface area (Å²) in [6.45, 7) is 2.26. The number of rotatable bonds is 4. The minimum Gasteiger partial charge on any atom is -0.368 e. The van der Waals surface area contributed by atoms with Gasteiger partial charge in [-0.25, -0.2) is 0 Å². The van der Waals surface area contributed by atoms with Gasteiger partial charge in [-0.15, -0.1) is 11.3 Å². The highest BCUT2D eigenvalue weighted by molar-refractivity contribution is 7.16. The van der Waals surface area contributed by atoms with Crippen molar-refractivity contribution in [3.63, 3.8) is 0 Å². The third kappa shape index (κ3) is 3.50. The van der Waals surface area contributed by atoms with E-state index in [1.807, 2.05) is 30.1 Å². The molecule has 0 radical (unpaired) electrons. The maximum absolute atomic E-state index is 11.3. The van der Waals surface area contributed by atoms with Crippen molar-refractivity contribution in [2.75, 3.05) is 11.9 Å². The van der Waals surface area contributed by atoms with Crippen molar-refractivity contribution in [3.05, 3.63) is 50.1 Å². The standard InChI is InChI=1S/C14H13Cl2NOS/c1-9(18)10-3-5-13(12(15)7-10)17(2)8-11-4-6-14(16)19-11/h3-7H,8H2,1-2H3. The predicted octanol–water partition coefficient (Wildman–Crippen LogP) is 4.89. The molecular formula is C14H13Cl2NOS. The second-order valence-corrected chi connectivity index (χ2v) is 6.49. The third-order valence-electron chi connectivity index (χ3n) is 2.79. The van der Waals surface area contributed by atoms with Gasteiger partial charge in [0.2, 0.25) is 0 Å². The Bertz CT molecular complexity index is 609. The number of nitrogens with zero attached hydrogens (tertiary/aromatic N) is 1. The Labute approximate surface area is 126 Å². The number of carbonyl (C=O) groups is 1. The number of hydrogen-bond donors (Lipinski definition) is 0. The first-order chi connectivity index (χ1) is 8.97. The summed E-state index contributed by atoms with van der Waals surface area (Å²) < 4.78 is 0.779. The Morgan fingerprint density at radius 3 is 2.53 bits per heavy atom. The van der Waals surface area contributed by atoms with Crippen LogP contribution in [0.4, 0.5) is 5.69 Å². The zero-order valence-corrected chi connectivity index (χ0v) is 12.9. The fourth-order valence-corrected chi connectivity index (χ4v) is 3.26. The molecule has 1 aromatic carbocycles. The highest BCUT2D eigenvalue weighted by atomic mass is 35.5. The molecule has 2 aromatic rings. The number of Topliss-reactive ketones (excluding diaryl/α,β-unsaturated/α-hetero) is 1. The molecule has 100 valence electrons. The van der Waals surface area contributed by atoms with Crippen LogP contribution >= 0.6 is 34.5 Å². The predicted molar refractivity (Wildman–Crippen MR) is 82.9 cm³/mol. The van der Waals surface area contributed by atoms with E-state index in [0.29, 0.717) is 10.6 Å². The van der Waals surface area contributed by atoms with Crippen LogP contribution in [0.5, 0.6) is 0 Å². The lowest BCUT2D eigenvalue weighted by Crippen LogP contribution is -2.16. The smallest absolute Gasteiger partial charge is 0.159 e. The van der Waals surface area contributed by atoms with Crippen LogP contribution < -0.4 is 4.90 Å². The average Bonchev–Trinajstić information content (AvgIpc) is 2.74. The van der Waals surface area contributed by atoms with Crippen molar-refractivity contribution < 1.29 is 4.79 Å². The molecule has 2 nitrogen and oxygen atoms in total. The Morgan fingerprint density at radius 1 is 1.26 bits per heavy atom. The van der Waals surface area contributed by atoms with Crippen LogP contribution in [0.1, 0.15) is 22.2 Å². The van der Waals surface area contributed by atoms with Crippen molar-refractivity contribution in [1.82, 2.24) is 0 Å². The van der Waals surface area contributed by atoms with Gasteiger partial charge in [0.05, 0.1) is 21.6 Å². The Morgan fingerprint density at radius 2 is 2.00 bits per heavy atom. The maximum Gasteiger partial charge on any atom is 0.159 e. The summed E-state index contributed by atoms with van der Waals surface area (Å²) in [5.41, 5.74) is 1.53. The van der Waals surface area contributed by atoms with Crippen LogP contribution in [0, 0.1) is 0 Å². The van der Waals surface area contributed by atoms with Crippen LogP contribution in [0.2, 0.25) is 9.36 Å². The molecule has 0 aliphatic rings. The van der Waals surface area contributed by atoms with Crippen LogP contribution in [0.25, 0.3) is 0 Å². The molecule has 0 fully saturated rings. The lowest BCUT2D eigenvalue weighted by atomic mass is 10.1. The highest BCUT2D eigenvalue weighted by Gasteiger charge is 2.10. The van der Waals surface area contributed by atoms with Gasteiger partial charge in [-0.2, -0.15) is 0 Å². The maximum atomic E-state index is 11.3. The summed E-state index contributed by atoms with van der Waals surface area (Å²) in [5.74, 6) is 0.0149. The molecule has 0 aliphatic carbocycles. The van der Waals surface area contributed by atoms with E-state index < -0.39 is 0 Å². The fraction of sp³-hybridized carbons (Fsp3) is 0.214. The SMILES string of the molecule is CC(=O)c1ccc(N(C)Cc2ccc(Cl)s2)c(Cl)c1. The van der Waals surface area contributed by atoms with Gasteiger partial charge in [0.25, 0.3) is 0 Å². The van der Waals surface area contributed by atoms with Crippen molar-refractivity contribution in [1.29, 1.82) is 0 Å². The zero-order chi connectivity index (χ0) is 14.0. The molecular weight excluding hydrogens is 301 g/mol. The Hall–Kier alpha value is -1.03. The van der Waals surface area contributed by atoms with Crippen LogP contribution in [-0.2, 0) is 6.54 Å². The number of ketones is 1. The van der Waals surface area contributed by atoms with E-state index in [1.54, 1.807) is 23.5 Å². The molecule has 0 unspecified atom stereocenters. The van der Waals surface area contributed by atoms with E-state index in [4.69, 9.17) is 23.2 Å². The van der Waals surface area contributed by atoms with Gasteiger partial charge < -0.3 is 4.90 Å². The first kappa shape index (κ1) is 14.4. The first-order valence-corrected chi connectivity index (χ1v) is 7.30. The molecule has 0 spiro atoms. The molecule has 19 heavy (non-hydrogen) atoms. The second-order valence-electron chi connectivity index (χ2n) is 4.28. The summed E-state index contributed by atoms with van der Waals surface area (Å²) in [7, 11) is 1.96. The summed E-state index contributed by atoms with van der Waals surface area (Å²) >= 11 is 13.7. The normalized spacial score (nSPS) is 10.5. The van der Waals surface area contributed by atoms with E-state index in [9.17, 15) is 4.79 Å². The van der Waals surface area contributed by atoms with Gasteiger partial charge in [-0.1, -0.05) is 23.2 Å². The number of benzene rings is 1. The molecule has 0 saturated heterocycles. The molecule has 0 atom stereocenters. The van der Waals surface area contributed by atoms with Crippen LogP contribution in [-0.4, -0.2) is 12.8 Å². The number of hydrogen-bond acceptors (Lipinski definition) is 3. The van der Waals surface area contributed by atoms with E-state index in [2.05, 4.69) is 0 Å². The minimum atomic E-state index is 0.0149. The quantitative estimate of drug-likeness (QED) is 0.749. The molecule has 2 rings (SSSR count). The summed E-state index contributed by atoms with van der Waals surface area (Å²) in [4.78, 5) is 14.5. The number of thiophene rings is 1. The Balaban J connectivity index is 2.19. The molecule has 1 aromatic heterocycles. The third-order valence-corrected chi connectivity index (χ3v) is 4.31. The largest absolute Gasteiger partial charge is 0.368 e. The first-order valence-electron chi connectivity index (χ1n) is 5.73. The van der Waals surface area contributed by atoms with Gasteiger partial charge in [-0.05, 0) is 37.3 Å². The number of anilines is 1. The minimum absolute atomic E-state index is 0.0149. The summed E-state index contributed by atoms with van der Waals surface area (Å²) in [6, 6.07) is 9.25. The molecule has 0 amide bonds. The van der Waals surface area contributed by atoms with Crippen LogP contribution in [0.3, 0.4) is 0 Å². The summed E-state index contributed by atoms with van der Waals surface area (Å²) in [5, 5.41) is 0.581. The Kier molecular flexibility index (Phi) is 4.50. The van der Waals surface area contributed by atoms with Crippen LogP contribution in [0.15, 0.2) is 30.3 Å². The highest BCUT2D eigenvalue weighted by Crippen LogP contribution is 2.29. The van der Waals surface area contributed by atoms with Crippen molar-refractivity contribution in [2.45, 2.75) is 13.5 Å². The molecule has 0 bridgehead atoms. The van der Waals surface area contributed by atoms with E-state index in [1.165, 1.54) is 11.8 Å². The van der Waals surface area contributed by atoms with Gasteiger partial charge in [0, 0.05) is 17.5 Å². The lowest BCUT2D eigenvalue weighted by Gasteiger charge is -2.20. The van der Waals surface area contributed by atoms with E-state index in [-0.39, 0.29) is 5.78 Å². The molecule has 5 heteroatoms. The summed E-state index contributed by atoms with van der Waals surface area (Å²) in [6.07, 6.45) is 0. The van der Waals surface area contributed by atoms with Gasteiger partial charge in [0.15, 0.2) is 5.78 Å². The fourth-order valence-electron chi connectivity index (χ4n) is 1.79. The van der Waals surface area contributed by atoms with Gasteiger partial charge in [-0.3, -0.25) is 4.79 Å². The molecule has 0 N–H and O–H groups in total. The molecule has 1 heterocycles. The van der Waals surface area contributed by atoms with Gasteiger partial charge in [0.1, 0.15) is 0 Å². The lowest BCUT2D eigenvalue weighted by molar-refractivity contribution is 0.101. The van der Waals surface area contributed by atoms with Crippen molar-refractivity contribution in [2.24, 2.45) is 0 Å². The van der Waals surface area contributed by atoms with E-state index >= 15 is 0 Å². The topological polar surface area (TPSA) is 20.3 Å². The van der Waals surface area contributed by atoms with Gasteiger partial charge >= 0.3 is 0 Å². The monoisotopic (exact) mass is 313 g/mol. The molecule has 0 saturated carbocycles.